The van der Waals surface area contributed by atoms with Crippen molar-refractivity contribution in [1.29, 1.82) is 5.26 Å². The Balaban J connectivity index is 1.59. The molecule has 1 heterocycles. The van der Waals surface area contributed by atoms with Crippen LogP contribution in [0.25, 0.3) is 10.9 Å². The zero-order valence-corrected chi connectivity index (χ0v) is 20.0. The number of halogens is 1. The van der Waals surface area contributed by atoms with Gasteiger partial charge in [0.05, 0.1) is 18.2 Å². The number of ether oxygens (including phenoxy) is 1. The minimum absolute atomic E-state index is 0.0535. The number of unbranched alkanes of at least 4 members (excludes halogenated alkanes) is 2. The van der Waals surface area contributed by atoms with Crippen molar-refractivity contribution < 1.29 is 19.4 Å². The number of carboxylic acid groups (broad SMARTS) is 1. The van der Waals surface area contributed by atoms with Crippen LogP contribution in [0.1, 0.15) is 66.2 Å². The first-order valence-electron chi connectivity index (χ1n) is 11.5. The lowest BCUT2D eigenvalue weighted by Crippen LogP contribution is -2.11. The van der Waals surface area contributed by atoms with Gasteiger partial charge in [0.2, 0.25) is 0 Å². The van der Waals surface area contributed by atoms with Gasteiger partial charge in [0.15, 0.2) is 5.78 Å². The van der Waals surface area contributed by atoms with E-state index in [0.717, 1.165) is 41.4 Å². The molecule has 3 aromatic rings. The van der Waals surface area contributed by atoms with Crippen LogP contribution < -0.4 is 0 Å². The maximum Gasteiger partial charge on any atom is 0.303 e. The first kappa shape index (κ1) is 25.5. The van der Waals surface area contributed by atoms with Gasteiger partial charge in [-0.15, -0.1) is 0 Å². The van der Waals surface area contributed by atoms with E-state index in [9.17, 15) is 14.9 Å². The lowest BCUT2D eigenvalue weighted by molar-refractivity contribution is -0.137. The molecule has 1 aromatic heterocycles. The summed E-state index contributed by atoms with van der Waals surface area (Å²) in [5.41, 5.74) is 3.78. The molecule has 6 nitrogen and oxygen atoms in total. The molecule has 0 amide bonds. The summed E-state index contributed by atoms with van der Waals surface area (Å²) in [7, 11) is 0. The standard InChI is InChI=1S/C27H29ClN2O4/c1-18(13-26(32)33)12-25(31)27-22-15-19(16-29)9-10-23(22)30-24(27)8-3-2-4-11-34-17-20-6-5-7-21(28)14-20/h5-7,9-10,14-15,18,30H,2-4,8,11-13,17H2,1H3,(H,32,33). The van der Waals surface area contributed by atoms with Crippen LogP contribution >= 0.6 is 11.6 Å². The van der Waals surface area contributed by atoms with Gasteiger partial charge in [0, 0.05) is 46.6 Å². The van der Waals surface area contributed by atoms with Crippen LogP contribution in [0.4, 0.5) is 0 Å². The maximum absolute atomic E-state index is 13.1. The molecule has 1 unspecified atom stereocenters. The molecule has 0 saturated heterocycles. The highest BCUT2D eigenvalue weighted by Crippen LogP contribution is 2.28. The number of fused-ring (bicyclic) bond motifs is 1. The monoisotopic (exact) mass is 480 g/mol. The summed E-state index contributed by atoms with van der Waals surface area (Å²) in [6, 6.07) is 15.0. The van der Waals surface area contributed by atoms with Gasteiger partial charge in [0.25, 0.3) is 0 Å². The molecular formula is C27H29ClN2O4. The topological polar surface area (TPSA) is 103 Å². The molecule has 3 rings (SSSR count). The van der Waals surface area contributed by atoms with Crippen molar-refractivity contribution in [2.45, 2.75) is 52.1 Å². The van der Waals surface area contributed by atoms with Crippen LogP contribution in [0.2, 0.25) is 5.02 Å². The molecule has 7 heteroatoms. The van der Waals surface area contributed by atoms with Crippen molar-refractivity contribution in [2.24, 2.45) is 5.92 Å². The minimum Gasteiger partial charge on any atom is -0.481 e. The Bertz CT molecular complexity index is 1200. The van der Waals surface area contributed by atoms with Gasteiger partial charge in [0.1, 0.15) is 0 Å². The number of carbonyl (C=O) groups excluding carboxylic acids is 1. The number of ketones is 1. The number of aryl methyl sites for hydroxylation is 1. The first-order valence-corrected chi connectivity index (χ1v) is 11.9. The number of nitrogens with one attached hydrogen (secondary N) is 1. The summed E-state index contributed by atoms with van der Waals surface area (Å²) >= 11 is 5.99. The number of aliphatic carboxylic acids is 1. The van der Waals surface area contributed by atoms with Crippen molar-refractivity contribution in [3.63, 3.8) is 0 Å². The highest BCUT2D eigenvalue weighted by atomic mass is 35.5. The number of carbonyl (C=O) groups is 2. The molecular weight excluding hydrogens is 452 g/mol. The number of benzene rings is 2. The van der Waals surface area contributed by atoms with Crippen LogP contribution in [0.5, 0.6) is 0 Å². The second kappa shape index (κ2) is 12.4. The summed E-state index contributed by atoms with van der Waals surface area (Å²) in [6.45, 7) is 2.94. The van der Waals surface area contributed by atoms with E-state index in [1.807, 2.05) is 30.3 Å². The molecule has 0 radical (unpaired) electrons. The molecule has 0 saturated carbocycles. The van der Waals surface area contributed by atoms with Crippen molar-refractivity contribution in [3.05, 3.63) is 69.9 Å². The number of aromatic nitrogens is 1. The summed E-state index contributed by atoms with van der Waals surface area (Å²) in [5, 5.41) is 19.7. The molecule has 0 aliphatic heterocycles. The van der Waals surface area contributed by atoms with E-state index in [-0.39, 0.29) is 24.5 Å². The van der Waals surface area contributed by atoms with Crippen molar-refractivity contribution in [3.8, 4) is 6.07 Å². The normalized spacial score (nSPS) is 11.9. The van der Waals surface area contributed by atoms with Crippen LogP contribution in [0.3, 0.4) is 0 Å². The number of H-pyrrole nitrogens is 1. The number of hydrogen-bond donors (Lipinski definition) is 2. The summed E-state index contributed by atoms with van der Waals surface area (Å²) in [4.78, 5) is 27.5. The highest BCUT2D eigenvalue weighted by molar-refractivity contribution is 6.30. The van der Waals surface area contributed by atoms with Crippen LogP contribution in [0.15, 0.2) is 42.5 Å². The summed E-state index contributed by atoms with van der Waals surface area (Å²) in [6.07, 6.45) is 3.51. The van der Waals surface area contributed by atoms with Crippen LogP contribution in [0, 0.1) is 17.2 Å². The molecule has 0 spiro atoms. The maximum atomic E-state index is 13.1. The Hall–Kier alpha value is -3.14. The fourth-order valence-electron chi connectivity index (χ4n) is 4.11. The second-order valence-corrected chi connectivity index (χ2v) is 9.11. The SMILES string of the molecule is CC(CC(=O)O)CC(=O)c1c(CCCCCOCc2cccc(Cl)c2)[nH]c2ccc(C#N)cc12. The Morgan fingerprint density at radius 3 is 2.71 bits per heavy atom. The Kier molecular flexibility index (Phi) is 9.26. The van der Waals surface area contributed by atoms with Gasteiger partial charge in [-0.3, -0.25) is 9.59 Å². The van der Waals surface area contributed by atoms with E-state index >= 15 is 0 Å². The molecule has 0 bridgehead atoms. The van der Waals surface area contributed by atoms with E-state index in [1.54, 1.807) is 19.1 Å². The lowest BCUT2D eigenvalue weighted by Gasteiger charge is -2.09. The summed E-state index contributed by atoms with van der Waals surface area (Å²) < 4.78 is 5.74. The third kappa shape index (κ3) is 7.18. The van der Waals surface area contributed by atoms with Crippen molar-refractivity contribution in [2.75, 3.05) is 6.61 Å². The van der Waals surface area contributed by atoms with Gasteiger partial charge in [-0.25, -0.2) is 0 Å². The predicted octanol–water partition coefficient (Wildman–Crippen LogP) is 6.31. The number of nitrogens with zero attached hydrogens (tertiary/aromatic N) is 1. The van der Waals surface area contributed by atoms with Gasteiger partial charge >= 0.3 is 5.97 Å². The summed E-state index contributed by atoms with van der Waals surface area (Å²) in [5.74, 6) is -1.27. The molecule has 34 heavy (non-hydrogen) atoms. The average Bonchev–Trinajstić information content (AvgIpc) is 3.15. The van der Waals surface area contributed by atoms with Gasteiger partial charge < -0.3 is 14.8 Å². The number of hydrogen-bond acceptors (Lipinski definition) is 4. The fraction of sp³-hybridized carbons (Fsp3) is 0.370. The number of aromatic amines is 1. The molecule has 2 N–H and O–H groups in total. The predicted molar refractivity (Wildman–Crippen MR) is 132 cm³/mol. The largest absolute Gasteiger partial charge is 0.481 e. The van der Waals surface area contributed by atoms with Crippen LogP contribution in [-0.4, -0.2) is 28.4 Å². The number of Topliss-reactive ketones (excluding diaryl/α,β-unsaturated/α-hetero) is 1. The van der Waals surface area contributed by atoms with E-state index in [2.05, 4.69) is 11.1 Å². The third-order valence-corrected chi connectivity index (χ3v) is 5.95. The quantitative estimate of drug-likeness (QED) is 0.220. The third-order valence-electron chi connectivity index (χ3n) is 5.71. The molecule has 178 valence electrons. The van der Waals surface area contributed by atoms with E-state index in [1.165, 1.54) is 0 Å². The van der Waals surface area contributed by atoms with E-state index in [0.29, 0.717) is 35.8 Å². The van der Waals surface area contributed by atoms with Gasteiger partial charge in [-0.1, -0.05) is 37.1 Å². The van der Waals surface area contributed by atoms with E-state index in [4.69, 9.17) is 21.4 Å². The first-order chi connectivity index (χ1) is 16.4. The molecule has 2 aromatic carbocycles. The fourth-order valence-corrected chi connectivity index (χ4v) is 4.32. The zero-order chi connectivity index (χ0) is 24.5. The Morgan fingerprint density at radius 2 is 1.97 bits per heavy atom. The average molecular weight is 481 g/mol. The number of nitriles is 1. The zero-order valence-electron chi connectivity index (χ0n) is 19.3. The molecule has 0 aliphatic carbocycles. The van der Waals surface area contributed by atoms with Crippen LogP contribution in [-0.2, 0) is 22.6 Å². The highest BCUT2D eigenvalue weighted by Gasteiger charge is 2.21. The second-order valence-electron chi connectivity index (χ2n) is 8.67. The Labute approximate surface area is 204 Å². The van der Waals surface area contributed by atoms with Crippen molar-refractivity contribution >= 4 is 34.3 Å². The molecule has 0 aliphatic rings. The number of rotatable bonds is 13. The smallest absolute Gasteiger partial charge is 0.303 e. The molecule has 0 fully saturated rings. The van der Waals surface area contributed by atoms with Gasteiger partial charge in [-0.05, 0) is 61.1 Å². The minimum atomic E-state index is -0.913. The number of carboxylic acids is 1. The lowest BCUT2D eigenvalue weighted by atomic mass is 9.94. The Morgan fingerprint density at radius 1 is 1.15 bits per heavy atom. The van der Waals surface area contributed by atoms with E-state index < -0.39 is 5.97 Å². The van der Waals surface area contributed by atoms with Gasteiger partial charge in [-0.2, -0.15) is 5.26 Å². The van der Waals surface area contributed by atoms with Crippen molar-refractivity contribution in [1.82, 2.24) is 4.98 Å². The molecule has 1 atom stereocenters.